The Labute approximate surface area is 323 Å². The summed E-state index contributed by atoms with van der Waals surface area (Å²) in [7, 11) is 0. The zero-order chi connectivity index (χ0) is 37.9. The SMILES string of the molecule is CC1(C)C[C@@H]2C(=Cc3cccc(CN4O[C@@H]5[C@H]6OC(C7CC7)(C7CC7)O[C@H]6[C@@H]6C[C@]5(C(=O)NCCC(=O)NCCO)[C@@H]4C(=O)O6)c3)CCC3O[C@]3(C)CC[C@H]21. The average molecular weight is 760 g/mol. The minimum atomic E-state index is -1.29. The Morgan fingerprint density at radius 3 is 2.49 bits per heavy atom. The molecule has 1 aromatic rings. The molecule has 0 aromatic heterocycles. The Hall–Kier alpha value is -2.87. The molecule has 3 N–H and O–H groups in total. The van der Waals surface area contributed by atoms with Gasteiger partial charge in [-0.05, 0) is 93.1 Å². The Bertz CT molecular complexity index is 1760. The van der Waals surface area contributed by atoms with Gasteiger partial charge in [-0.3, -0.25) is 19.2 Å². The van der Waals surface area contributed by atoms with Gasteiger partial charge in [0.1, 0.15) is 29.8 Å². The number of aliphatic hydroxyl groups is 1. The third-order valence-corrected chi connectivity index (χ3v) is 15.0. The molecule has 0 spiro atoms. The number of benzene rings is 1. The minimum Gasteiger partial charge on any atom is -0.458 e. The number of esters is 1. The molecule has 4 aliphatic heterocycles. The lowest BCUT2D eigenvalue weighted by atomic mass is 9.52. The van der Waals surface area contributed by atoms with Gasteiger partial charge in [0.15, 0.2) is 11.8 Å². The molecule has 9 fully saturated rings. The van der Waals surface area contributed by atoms with Gasteiger partial charge in [0.25, 0.3) is 0 Å². The maximum absolute atomic E-state index is 14.6. The zero-order valence-corrected chi connectivity index (χ0v) is 32.4. The molecule has 12 heteroatoms. The topological polar surface area (TPSA) is 148 Å². The van der Waals surface area contributed by atoms with Crippen LogP contribution in [0, 0.1) is 34.5 Å². The van der Waals surface area contributed by atoms with Crippen molar-refractivity contribution in [1.82, 2.24) is 15.7 Å². The number of rotatable bonds is 11. The molecule has 5 aliphatic carbocycles. The molecular formula is C43H57N3O9. The van der Waals surface area contributed by atoms with Gasteiger partial charge in [0.2, 0.25) is 11.8 Å². The van der Waals surface area contributed by atoms with Crippen LogP contribution in [0.15, 0.2) is 29.8 Å². The number of allylic oxidation sites excluding steroid dienone is 1. The number of nitrogens with zero attached hydrogens (tertiary/aromatic N) is 1. The molecule has 298 valence electrons. The Balaban J connectivity index is 0.933. The highest BCUT2D eigenvalue weighted by atomic mass is 16.8. The molecule has 5 saturated carbocycles. The fourth-order valence-electron chi connectivity index (χ4n) is 11.8. The summed E-state index contributed by atoms with van der Waals surface area (Å²) in [5.41, 5.74) is 2.66. The number of hydrogen-bond acceptors (Lipinski definition) is 10. The van der Waals surface area contributed by atoms with Crippen molar-refractivity contribution in [3.05, 3.63) is 41.0 Å². The van der Waals surface area contributed by atoms with Crippen molar-refractivity contribution in [2.45, 2.75) is 146 Å². The maximum Gasteiger partial charge on any atom is 0.327 e. The summed E-state index contributed by atoms with van der Waals surface area (Å²) in [6, 6.07) is 7.44. The largest absolute Gasteiger partial charge is 0.458 e. The fraction of sp³-hybridized carbons (Fsp3) is 0.744. The first-order chi connectivity index (χ1) is 26.4. The highest BCUT2D eigenvalue weighted by Gasteiger charge is 2.78. The second-order valence-corrected chi connectivity index (χ2v) is 19.1. The summed E-state index contributed by atoms with van der Waals surface area (Å²) in [5.74, 6) is -0.0411. The van der Waals surface area contributed by atoms with Gasteiger partial charge in [0.05, 0.1) is 24.9 Å². The van der Waals surface area contributed by atoms with Crippen molar-refractivity contribution < 1.29 is 43.3 Å². The first-order valence-corrected chi connectivity index (χ1v) is 21.1. The fourth-order valence-corrected chi connectivity index (χ4v) is 11.8. The lowest BCUT2D eigenvalue weighted by Gasteiger charge is -2.53. The second-order valence-electron chi connectivity index (χ2n) is 19.1. The van der Waals surface area contributed by atoms with E-state index in [-0.39, 0.29) is 56.5 Å². The van der Waals surface area contributed by atoms with E-state index in [0.29, 0.717) is 35.2 Å². The predicted molar refractivity (Wildman–Crippen MR) is 198 cm³/mol. The predicted octanol–water partition coefficient (Wildman–Crippen LogP) is 4.18. The highest BCUT2D eigenvalue weighted by Crippen LogP contribution is 2.64. The van der Waals surface area contributed by atoms with Crippen LogP contribution in [0.4, 0.5) is 0 Å². The van der Waals surface area contributed by atoms with Crippen molar-refractivity contribution in [3.8, 4) is 0 Å². The quantitative estimate of drug-likeness (QED) is 0.222. The molecule has 0 radical (unpaired) electrons. The van der Waals surface area contributed by atoms with Gasteiger partial charge in [-0.1, -0.05) is 49.8 Å². The van der Waals surface area contributed by atoms with Gasteiger partial charge in [0, 0.05) is 37.8 Å². The first kappa shape index (κ1) is 36.5. The van der Waals surface area contributed by atoms with Crippen LogP contribution in [0.5, 0.6) is 0 Å². The number of aliphatic hydroxyl groups excluding tert-OH is 1. The van der Waals surface area contributed by atoms with E-state index in [9.17, 15) is 14.4 Å². The molecule has 55 heavy (non-hydrogen) atoms. The highest BCUT2D eigenvalue weighted by molar-refractivity contribution is 5.94. The number of carbonyl (C=O) groups excluding carboxylic acids is 3. The van der Waals surface area contributed by atoms with Crippen molar-refractivity contribution in [3.63, 3.8) is 0 Å². The number of fused-ring (bicyclic) bond motifs is 6. The molecule has 4 saturated heterocycles. The van der Waals surface area contributed by atoms with Gasteiger partial charge in [-0.2, -0.15) is 5.06 Å². The van der Waals surface area contributed by atoms with Crippen LogP contribution in [0.2, 0.25) is 0 Å². The standard InChI is InChI=1S/C43H57N3O9/c1-40(2)21-29-26(7-12-32-41(3,52-32)15-13-30(29)40)20-24-5-4-6-25(19-24)23-46-36-38(49)51-31-22-42(36,39(50)45-16-14-33(48)44-17-18-47)37(55-46)35-34(31)53-43(54-35,27-8-9-27)28-10-11-28/h4-6,19-20,27-32,34-37,47H,7-18,21-23H2,1-3H3,(H,44,48)(H,45,50)/t29-,30-,31+,32?,34+,35+,36+,37-,41-,42+/m1/s1. The van der Waals surface area contributed by atoms with E-state index in [0.717, 1.165) is 56.1 Å². The molecule has 10 atom stereocenters. The van der Waals surface area contributed by atoms with Crippen molar-refractivity contribution >= 4 is 23.9 Å². The Kier molecular flexibility index (Phi) is 8.67. The van der Waals surface area contributed by atoms with Crippen molar-refractivity contribution in [2.24, 2.45) is 34.5 Å². The van der Waals surface area contributed by atoms with Gasteiger partial charge < -0.3 is 34.7 Å². The third-order valence-electron chi connectivity index (χ3n) is 15.0. The van der Waals surface area contributed by atoms with Gasteiger partial charge in [-0.15, -0.1) is 0 Å². The van der Waals surface area contributed by atoms with E-state index >= 15 is 0 Å². The lowest BCUT2D eigenvalue weighted by molar-refractivity contribution is -0.235. The van der Waals surface area contributed by atoms with Crippen molar-refractivity contribution in [2.75, 3.05) is 19.7 Å². The van der Waals surface area contributed by atoms with E-state index < -0.39 is 47.6 Å². The summed E-state index contributed by atoms with van der Waals surface area (Å²) < 4.78 is 26.3. The summed E-state index contributed by atoms with van der Waals surface area (Å²) in [6.07, 6.45) is 10.2. The Morgan fingerprint density at radius 1 is 0.964 bits per heavy atom. The van der Waals surface area contributed by atoms with Crippen LogP contribution in [0.25, 0.3) is 6.08 Å². The van der Waals surface area contributed by atoms with Crippen LogP contribution in [0.1, 0.15) is 103 Å². The van der Waals surface area contributed by atoms with E-state index in [4.69, 9.17) is 28.9 Å². The van der Waals surface area contributed by atoms with E-state index in [1.807, 2.05) is 6.07 Å². The number of hydroxylamine groups is 2. The van der Waals surface area contributed by atoms with Crippen LogP contribution in [-0.2, 0) is 44.7 Å². The second kappa shape index (κ2) is 13.1. The number of nitrogens with one attached hydrogen (secondary N) is 2. The summed E-state index contributed by atoms with van der Waals surface area (Å²) >= 11 is 0. The molecule has 1 aromatic carbocycles. The molecule has 9 aliphatic rings. The van der Waals surface area contributed by atoms with Crippen LogP contribution in [-0.4, -0.2) is 95.6 Å². The number of carbonyl (C=O) groups is 3. The molecule has 1 unspecified atom stereocenters. The molecule has 12 nitrogen and oxygen atoms in total. The summed E-state index contributed by atoms with van der Waals surface area (Å²) in [4.78, 5) is 47.9. The number of epoxide rings is 1. The van der Waals surface area contributed by atoms with E-state index in [1.54, 1.807) is 5.06 Å². The molecule has 10 rings (SSSR count). The molecular weight excluding hydrogens is 702 g/mol. The van der Waals surface area contributed by atoms with E-state index in [2.05, 4.69) is 55.7 Å². The first-order valence-electron chi connectivity index (χ1n) is 21.1. The minimum absolute atomic E-state index is 0.0367. The third kappa shape index (κ3) is 6.02. The summed E-state index contributed by atoms with van der Waals surface area (Å²) in [6.45, 7) is 7.45. The molecule has 2 amide bonds. The maximum atomic E-state index is 14.6. The average Bonchev–Trinajstić information content (AvgIpc) is 4.10. The smallest absolute Gasteiger partial charge is 0.327 e. The molecule has 2 bridgehead atoms. The lowest BCUT2D eigenvalue weighted by Crippen LogP contribution is -2.69. The summed E-state index contributed by atoms with van der Waals surface area (Å²) in [5, 5.41) is 16.4. The number of amides is 2. The number of hydrogen-bond donors (Lipinski definition) is 3. The zero-order valence-electron chi connectivity index (χ0n) is 32.4. The van der Waals surface area contributed by atoms with Crippen LogP contribution in [0.3, 0.4) is 0 Å². The monoisotopic (exact) mass is 759 g/mol. The van der Waals surface area contributed by atoms with Crippen LogP contribution >= 0.6 is 0 Å². The Morgan fingerprint density at radius 2 is 1.75 bits per heavy atom. The van der Waals surface area contributed by atoms with Crippen LogP contribution < -0.4 is 10.6 Å². The van der Waals surface area contributed by atoms with Gasteiger partial charge >= 0.3 is 5.97 Å². The number of ether oxygens (including phenoxy) is 4. The normalized spacial score (nSPS) is 41.4. The van der Waals surface area contributed by atoms with Crippen molar-refractivity contribution in [1.29, 1.82) is 0 Å². The van der Waals surface area contributed by atoms with E-state index in [1.165, 1.54) is 18.4 Å². The molecule has 4 heterocycles. The van der Waals surface area contributed by atoms with Gasteiger partial charge in [-0.25, -0.2) is 0 Å².